The van der Waals surface area contributed by atoms with Crippen LogP contribution in [0.25, 0.3) is 0 Å². The van der Waals surface area contributed by atoms with Crippen LogP contribution in [0.1, 0.15) is 11.1 Å². The van der Waals surface area contributed by atoms with E-state index in [9.17, 15) is 4.79 Å². The van der Waals surface area contributed by atoms with Crippen molar-refractivity contribution in [2.24, 2.45) is 5.73 Å². The first kappa shape index (κ1) is 14.5. The number of carbonyl (C=O) groups excluding carboxylic acids is 1. The number of anilines is 1. The maximum atomic E-state index is 12.1. The summed E-state index contributed by atoms with van der Waals surface area (Å²) in [4.78, 5) is 16.0. The van der Waals surface area contributed by atoms with Crippen molar-refractivity contribution >= 4 is 23.2 Å². The summed E-state index contributed by atoms with van der Waals surface area (Å²) >= 11 is 5.94. The van der Waals surface area contributed by atoms with Crippen LogP contribution < -0.4 is 11.1 Å². The lowest BCUT2D eigenvalue weighted by atomic mass is 10.1. The first-order valence-electron chi connectivity index (χ1n) is 6.29. The predicted molar refractivity (Wildman–Crippen MR) is 80.7 cm³/mol. The number of rotatable bonds is 4. The molecule has 20 heavy (non-hydrogen) atoms. The molecule has 2 rings (SSSR count). The fraction of sp³-hybridized carbons (Fsp3) is 0.200. The lowest BCUT2D eigenvalue weighted by molar-refractivity contribution is -0.117. The normalized spacial score (nSPS) is 11.9. The SMILES string of the molecule is Cc1cnc(Cl)c(NC(=O)[C@H](N)Cc2ccccc2)c1. The number of aromatic nitrogens is 1. The topological polar surface area (TPSA) is 68.0 Å². The third-order valence-electron chi connectivity index (χ3n) is 2.87. The molecule has 0 aliphatic heterocycles. The van der Waals surface area contributed by atoms with Crippen LogP contribution in [0.15, 0.2) is 42.6 Å². The van der Waals surface area contributed by atoms with E-state index in [1.165, 1.54) is 0 Å². The molecule has 0 fully saturated rings. The monoisotopic (exact) mass is 289 g/mol. The molecule has 0 bridgehead atoms. The second-order valence-corrected chi connectivity index (χ2v) is 4.99. The van der Waals surface area contributed by atoms with Gasteiger partial charge >= 0.3 is 0 Å². The molecule has 5 heteroatoms. The zero-order valence-electron chi connectivity index (χ0n) is 11.1. The van der Waals surface area contributed by atoms with E-state index in [4.69, 9.17) is 17.3 Å². The number of aryl methyl sites for hydroxylation is 1. The van der Waals surface area contributed by atoms with Crippen molar-refractivity contribution in [2.45, 2.75) is 19.4 Å². The van der Waals surface area contributed by atoms with Crippen LogP contribution in [-0.2, 0) is 11.2 Å². The molecule has 0 saturated carbocycles. The Morgan fingerprint density at radius 2 is 2.10 bits per heavy atom. The van der Waals surface area contributed by atoms with Gasteiger partial charge < -0.3 is 11.1 Å². The van der Waals surface area contributed by atoms with Gasteiger partial charge in [-0.05, 0) is 30.5 Å². The molecule has 104 valence electrons. The molecule has 4 nitrogen and oxygen atoms in total. The van der Waals surface area contributed by atoms with E-state index < -0.39 is 6.04 Å². The molecule has 3 N–H and O–H groups in total. The van der Waals surface area contributed by atoms with Crippen LogP contribution in [0.2, 0.25) is 5.15 Å². The Labute approximate surface area is 123 Å². The van der Waals surface area contributed by atoms with Gasteiger partial charge in [0, 0.05) is 6.20 Å². The van der Waals surface area contributed by atoms with Gasteiger partial charge in [0.2, 0.25) is 5.91 Å². The highest BCUT2D eigenvalue weighted by molar-refractivity contribution is 6.32. The van der Waals surface area contributed by atoms with E-state index >= 15 is 0 Å². The molecule has 0 spiro atoms. The molecule has 1 aromatic heterocycles. The zero-order valence-corrected chi connectivity index (χ0v) is 11.9. The quantitative estimate of drug-likeness (QED) is 0.850. The highest BCUT2D eigenvalue weighted by Crippen LogP contribution is 2.20. The number of carbonyl (C=O) groups is 1. The van der Waals surface area contributed by atoms with Gasteiger partial charge in [-0.3, -0.25) is 4.79 Å². The van der Waals surface area contributed by atoms with Crippen molar-refractivity contribution in [3.8, 4) is 0 Å². The minimum Gasteiger partial charge on any atom is -0.322 e. The Bertz CT molecular complexity index is 601. The number of hydrogen-bond donors (Lipinski definition) is 2. The Hall–Kier alpha value is -1.91. The van der Waals surface area contributed by atoms with Gasteiger partial charge in [-0.25, -0.2) is 4.98 Å². The summed E-state index contributed by atoms with van der Waals surface area (Å²) in [6, 6.07) is 10.8. The third-order valence-corrected chi connectivity index (χ3v) is 3.17. The fourth-order valence-electron chi connectivity index (χ4n) is 1.83. The van der Waals surface area contributed by atoms with Gasteiger partial charge in [0.25, 0.3) is 0 Å². The Kier molecular flexibility index (Phi) is 4.71. The number of amides is 1. The van der Waals surface area contributed by atoms with E-state index in [-0.39, 0.29) is 11.1 Å². The molecular formula is C15H16ClN3O. The summed E-state index contributed by atoms with van der Waals surface area (Å²) in [5.74, 6) is -0.275. The summed E-state index contributed by atoms with van der Waals surface area (Å²) in [5, 5.41) is 2.97. The Morgan fingerprint density at radius 1 is 1.40 bits per heavy atom. The zero-order chi connectivity index (χ0) is 14.5. The van der Waals surface area contributed by atoms with Crippen LogP contribution in [0.3, 0.4) is 0 Å². The predicted octanol–water partition coefficient (Wildman–Crippen LogP) is 2.55. The number of pyridine rings is 1. The molecule has 0 aliphatic carbocycles. The second-order valence-electron chi connectivity index (χ2n) is 4.64. The molecule has 0 unspecified atom stereocenters. The summed E-state index contributed by atoms with van der Waals surface area (Å²) in [6.07, 6.45) is 2.12. The molecule has 1 aromatic carbocycles. The standard InChI is InChI=1S/C15H16ClN3O/c1-10-7-13(14(16)18-9-10)19-15(20)12(17)8-11-5-3-2-4-6-11/h2-7,9,12H,8,17H2,1H3,(H,19,20)/t12-/m1/s1. The highest BCUT2D eigenvalue weighted by atomic mass is 35.5. The van der Waals surface area contributed by atoms with Gasteiger partial charge in [0.1, 0.15) is 0 Å². The van der Waals surface area contributed by atoms with Gasteiger partial charge in [0.05, 0.1) is 11.7 Å². The summed E-state index contributed by atoms with van der Waals surface area (Å²) in [7, 11) is 0. The largest absolute Gasteiger partial charge is 0.322 e. The van der Waals surface area contributed by atoms with Gasteiger partial charge in [-0.2, -0.15) is 0 Å². The number of nitrogens with two attached hydrogens (primary N) is 1. The van der Waals surface area contributed by atoms with E-state index in [0.29, 0.717) is 12.1 Å². The average molecular weight is 290 g/mol. The number of hydrogen-bond acceptors (Lipinski definition) is 3. The van der Waals surface area contributed by atoms with Gasteiger partial charge in [-0.1, -0.05) is 41.9 Å². The molecule has 2 aromatic rings. The maximum absolute atomic E-state index is 12.1. The lowest BCUT2D eigenvalue weighted by Crippen LogP contribution is -2.37. The summed E-state index contributed by atoms with van der Waals surface area (Å²) < 4.78 is 0. The fourth-order valence-corrected chi connectivity index (χ4v) is 1.98. The van der Waals surface area contributed by atoms with Crippen LogP contribution >= 0.6 is 11.6 Å². The molecule has 1 atom stereocenters. The lowest BCUT2D eigenvalue weighted by Gasteiger charge is -2.13. The molecular weight excluding hydrogens is 274 g/mol. The smallest absolute Gasteiger partial charge is 0.241 e. The van der Waals surface area contributed by atoms with E-state index in [0.717, 1.165) is 11.1 Å². The van der Waals surface area contributed by atoms with Crippen LogP contribution in [0.4, 0.5) is 5.69 Å². The first-order chi connectivity index (χ1) is 9.56. The van der Waals surface area contributed by atoms with Crippen LogP contribution in [-0.4, -0.2) is 16.9 Å². The number of halogens is 1. The van der Waals surface area contributed by atoms with E-state index in [1.807, 2.05) is 37.3 Å². The van der Waals surface area contributed by atoms with E-state index in [2.05, 4.69) is 10.3 Å². The summed E-state index contributed by atoms with van der Waals surface area (Å²) in [5.41, 5.74) is 8.33. The number of benzene rings is 1. The molecule has 0 radical (unpaired) electrons. The van der Waals surface area contributed by atoms with E-state index in [1.54, 1.807) is 12.3 Å². The van der Waals surface area contributed by atoms with Crippen LogP contribution in [0.5, 0.6) is 0 Å². The van der Waals surface area contributed by atoms with Crippen molar-refractivity contribution in [2.75, 3.05) is 5.32 Å². The Balaban J connectivity index is 2.02. The van der Waals surface area contributed by atoms with Crippen molar-refractivity contribution in [1.82, 2.24) is 4.98 Å². The Morgan fingerprint density at radius 3 is 2.80 bits per heavy atom. The maximum Gasteiger partial charge on any atom is 0.241 e. The minimum atomic E-state index is -0.631. The molecule has 1 heterocycles. The summed E-state index contributed by atoms with van der Waals surface area (Å²) in [6.45, 7) is 1.88. The third kappa shape index (κ3) is 3.79. The number of nitrogens with zero attached hydrogens (tertiary/aromatic N) is 1. The molecule has 1 amide bonds. The average Bonchev–Trinajstić information content (AvgIpc) is 2.44. The molecule has 0 aliphatic rings. The second kappa shape index (κ2) is 6.50. The van der Waals surface area contributed by atoms with Crippen molar-refractivity contribution in [3.63, 3.8) is 0 Å². The van der Waals surface area contributed by atoms with Gasteiger partial charge in [-0.15, -0.1) is 0 Å². The highest BCUT2D eigenvalue weighted by Gasteiger charge is 2.15. The van der Waals surface area contributed by atoms with Crippen molar-refractivity contribution in [1.29, 1.82) is 0 Å². The first-order valence-corrected chi connectivity index (χ1v) is 6.66. The van der Waals surface area contributed by atoms with Crippen molar-refractivity contribution in [3.05, 3.63) is 58.9 Å². The number of nitrogens with one attached hydrogen (secondary N) is 1. The van der Waals surface area contributed by atoms with Crippen LogP contribution in [0, 0.1) is 6.92 Å². The van der Waals surface area contributed by atoms with Crippen molar-refractivity contribution < 1.29 is 4.79 Å². The minimum absolute atomic E-state index is 0.260. The molecule has 0 saturated heterocycles. The van der Waals surface area contributed by atoms with Gasteiger partial charge in [0.15, 0.2) is 5.15 Å².